The lowest BCUT2D eigenvalue weighted by Gasteiger charge is -1.93. The number of hydrogen-bond acceptors (Lipinski definition) is 0. The standard InChI is InChI=1S/C10H18/c1-4-6-7-8-9-10(3)5-2/h5,9H,2,4,6-8H2,1,3H3/b10-9-. The minimum Gasteiger partial charge on any atom is -0.0988 e. The molecule has 0 aliphatic heterocycles. The van der Waals surface area contributed by atoms with Crippen LogP contribution in [0, 0.1) is 0 Å². The third-order valence-corrected chi connectivity index (χ3v) is 1.60. The van der Waals surface area contributed by atoms with Crippen molar-refractivity contribution in [3.63, 3.8) is 0 Å². The van der Waals surface area contributed by atoms with Crippen LogP contribution in [0.1, 0.15) is 39.5 Å². The Labute approximate surface area is 64.6 Å². The summed E-state index contributed by atoms with van der Waals surface area (Å²) in [6.45, 7) is 8.01. The van der Waals surface area contributed by atoms with E-state index >= 15 is 0 Å². The Morgan fingerprint density at radius 1 is 1.40 bits per heavy atom. The van der Waals surface area contributed by atoms with Crippen LogP contribution in [0.3, 0.4) is 0 Å². The van der Waals surface area contributed by atoms with Crippen LogP contribution in [0.15, 0.2) is 24.3 Å². The normalized spacial score (nSPS) is 11.6. The van der Waals surface area contributed by atoms with E-state index in [-0.39, 0.29) is 0 Å². The van der Waals surface area contributed by atoms with Gasteiger partial charge in [0.25, 0.3) is 0 Å². The predicted molar refractivity (Wildman–Crippen MR) is 48.1 cm³/mol. The van der Waals surface area contributed by atoms with E-state index in [9.17, 15) is 0 Å². The van der Waals surface area contributed by atoms with Crippen LogP contribution < -0.4 is 0 Å². The molecule has 10 heavy (non-hydrogen) atoms. The molecule has 0 saturated carbocycles. The molecule has 58 valence electrons. The van der Waals surface area contributed by atoms with E-state index in [2.05, 4.69) is 26.5 Å². The maximum absolute atomic E-state index is 3.69. The van der Waals surface area contributed by atoms with Gasteiger partial charge in [-0.3, -0.25) is 0 Å². The van der Waals surface area contributed by atoms with Crippen LogP contribution in [0.5, 0.6) is 0 Å². The van der Waals surface area contributed by atoms with E-state index in [1.807, 2.05) is 6.08 Å². The van der Waals surface area contributed by atoms with Crippen LogP contribution >= 0.6 is 0 Å². The van der Waals surface area contributed by atoms with Gasteiger partial charge in [-0.2, -0.15) is 0 Å². The molecule has 0 aromatic heterocycles. The summed E-state index contributed by atoms with van der Waals surface area (Å²) in [5.41, 5.74) is 1.30. The van der Waals surface area contributed by atoms with E-state index in [1.54, 1.807) is 0 Å². The minimum absolute atomic E-state index is 1.21. The molecule has 0 rings (SSSR count). The highest BCUT2D eigenvalue weighted by molar-refractivity contribution is 5.12. The van der Waals surface area contributed by atoms with Crippen molar-refractivity contribution >= 4 is 0 Å². The van der Waals surface area contributed by atoms with Crippen molar-refractivity contribution in [2.45, 2.75) is 39.5 Å². The van der Waals surface area contributed by atoms with Gasteiger partial charge in [0.2, 0.25) is 0 Å². The van der Waals surface area contributed by atoms with E-state index in [0.29, 0.717) is 0 Å². The smallest absolute Gasteiger partial charge is 0.0345 e. The molecule has 0 aliphatic rings. The summed E-state index contributed by atoms with van der Waals surface area (Å²) in [5.74, 6) is 0. The van der Waals surface area contributed by atoms with Crippen molar-refractivity contribution in [2.24, 2.45) is 0 Å². The van der Waals surface area contributed by atoms with Crippen molar-refractivity contribution in [3.05, 3.63) is 24.3 Å². The summed E-state index contributed by atoms with van der Waals surface area (Å²) < 4.78 is 0. The molecule has 0 aromatic carbocycles. The molecule has 0 aromatic rings. The third-order valence-electron chi connectivity index (χ3n) is 1.60. The van der Waals surface area contributed by atoms with Crippen LogP contribution in [0.2, 0.25) is 0 Å². The van der Waals surface area contributed by atoms with Crippen LogP contribution in [0.4, 0.5) is 0 Å². The van der Waals surface area contributed by atoms with Crippen molar-refractivity contribution in [1.29, 1.82) is 0 Å². The second kappa shape index (κ2) is 6.60. The van der Waals surface area contributed by atoms with Gasteiger partial charge in [0.1, 0.15) is 0 Å². The van der Waals surface area contributed by atoms with Crippen molar-refractivity contribution < 1.29 is 0 Å². The molecule has 0 unspecified atom stereocenters. The first-order valence-corrected chi connectivity index (χ1v) is 4.10. The lowest BCUT2D eigenvalue weighted by atomic mass is 10.1. The van der Waals surface area contributed by atoms with E-state index < -0.39 is 0 Å². The first kappa shape index (κ1) is 9.48. The van der Waals surface area contributed by atoms with Gasteiger partial charge in [0.15, 0.2) is 0 Å². The zero-order chi connectivity index (χ0) is 7.82. The van der Waals surface area contributed by atoms with Gasteiger partial charge < -0.3 is 0 Å². The molecular weight excluding hydrogens is 120 g/mol. The third kappa shape index (κ3) is 5.61. The average molecular weight is 138 g/mol. The van der Waals surface area contributed by atoms with Gasteiger partial charge in [-0.15, -0.1) is 0 Å². The highest BCUT2D eigenvalue weighted by Crippen LogP contribution is 2.03. The molecule has 0 heterocycles. The Bertz CT molecular complexity index is 109. The quantitative estimate of drug-likeness (QED) is 0.401. The molecule has 0 heteroatoms. The molecule has 0 amide bonds. The maximum atomic E-state index is 3.69. The monoisotopic (exact) mass is 138 g/mol. The van der Waals surface area contributed by atoms with Gasteiger partial charge in [0.05, 0.1) is 0 Å². The zero-order valence-corrected chi connectivity index (χ0v) is 7.19. The molecule has 0 aliphatic carbocycles. The van der Waals surface area contributed by atoms with Crippen LogP contribution in [-0.2, 0) is 0 Å². The summed E-state index contributed by atoms with van der Waals surface area (Å²) in [6.07, 6.45) is 9.35. The average Bonchev–Trinajstić information content (AvgIpc) is 1.98. The molecular formula is C10H18. The van der Waals surface area contributed by atoms with Crippen molar-refractivity contribution in [3.8, 4) is 0 Å². The van der Waals surface area contributed by atoms with E-state index in [1.165, 1.54) is 31.3 Å². The highest BCUT2D eigenvalue weighted by atomic mass is 13.9. The SMILES string of the molecule is C=C/C(C)=C\CCCCC. The fourth-order valence-electron chi connectivity index (χ4n) is 0.807. The molecule has 0 N–H and O–H groups in total. The minimum atomic E-state index is 1.21. The number of rotatable bonds is 5. The summed E-state index contributed by atoms with van der Waals surface area (Å²) in [7, 11) is 0. The molecule has 0 fully saturated rings. The fourth-order valence-corrected chi connectivity index (χ4v) is 0.807. The summed E-state index contributed by atoms with van der Waals surface area (Å²) in [4.78, 5) is 0. The highest BCUT2D eigenvalue weighted by Gasteiger charge is 1.82. The molecule has 0 atom stereocenters. The second-order valence-electron chi connectivity index (χ2n) is 2.65. The van der Waals surface area contributed by atoms with Crippen LogP contribution in [0.25, 0.3) is 0 Å². The Morgan fingerprint density at radius 3 is 2.60 bits per heavy atom. The number of allylic oxidation sites excluding steroid dienone is 3. The van der Waals surface area contributed by atoms with Gasteiger partial charge in [-0.25, -0.2) is 0 Å². The largest absolute Gasteiger partial charge is 0.0988 e. The summed E-state index contributed by atoms with van der Waals surface area (Å²) in [6, 6.07) is 0. The van der Waals surface area contributed by atoms with Crippen molar-refractivity contribution in [2.75, 3.05) is 0 Å². The molecule has 0 nitrogen and oxygen atoms in total. The molecule has 0 spiro atoms. The number of unbranched alkanes of at least 4 members (excludes halogenated alkanes) is 3. The Morgan fingerprint density at radius 2 is 2.10 bits per heavy atom. The lowest BCUT2D eigenvalue weighted by Crippen LogP contribution is -1.72. The van der Waals surface area contributed by atoms with Gasteiger partial charge in [0, 0.05) is 0 Å². The first-order valence-electron chi connectivity index (χ1n) is 4.10. The summed E-state index contributed by atoms with van der Waals surface area (Å²) in [5, 5.41) is 0. The van der Waals surface area contributed by atoms with E-state index in [4.69, 9.17) is 0 Å². The Kier molecular flexibility index (Phi) is 6.25. The van der Waals surface area contributed by atoms with Gasteiger partial charge >= 0.3 is 0 Å². The Balaban J connectivity index is 3.24. The fraction of sp³-hybridized carbons (Fsp3) is 0.600. The van der Waals surface area contributed by atoms with Gasteiger partial charge in [-0.1, -0.05) is 44.1 Å². The number of hydrogen-bond donors (Lipinski definition) is 0. The zero-order valence-electron chi connectivity index (χ0n) is 7.19. The predicted octanol–water partition coefficient (Wildman–Crippen LogP) is 3.70. The maximum Gasteiger partial charge on any atom is -0.0345 e. The summed E-state index contributed by atoms with van der Waals surface area (Å²) >= 11 is 0. The van der Waals surface area contributed by atoms with Gasteiger partial charge in [-0.05, 0) is 19.8 Å². The lowest BCUT2D eigenvalue weighted by molar-refractivity contribution is 0.728. The van der Waals surface area contributed by atoms with E-state index in [0.717, 1.165) is 0 Å². The first-order chi connectivity index (χ1) is 4.81. The van der Waals surface area contributed by atoms with Crippen LogP contribution in [-0.4, -0.2) is 0 Å². The Hall–Kier alpha value is -0.520. The molecule has 0 bridgehead atoms. The molecule has 0 saturated heterocycles. The molecule has 0 radical (unpaired) electrons. The van der Waals surface area contributed by atoms with Crippen molar-refractivity contribution in [1.82, 2.24) is 0 Å². The topological polar surface area (TPSA) is 0 Å². The second-order valence-corrected chi connectivity index (χ2v) is 2.65.